The van der Waals surface area contributed by atoms with Crippen molar-refractivity contribution in [2.24, 2.45) is 5.92 Å². The standard InChI is InChI=1S/C19H32N2/c1-15(2)8-9-20-10-12-21(13-11-20)18-6-7-19(16(3)4)17(5)14-18/h6-7,14-16H,8-13H2,1-5H3. The zero-order valence-electron chi connectivity index (χ0n) is 14.5. The normalized spacial score (nSPS) is 17.0. The van der Waals surface area contributed by atoms with Gasteiger partial charge in [0.25, 0.3) is 0 Å². The topological polar surface area (TPSA) is 6.48 Å². The minimum Gasteiger partial charge on any atom is -0.369 e. The van der Waals surface area contributed by atoms with E-state index in [-0.39, 0.29) is 0 Å². The molecule has 0 radical (unpaired) electrons. The van der Waals surface area contributed by atoms with Gasteiger partial charge in [0, 0.05) is 31.9 Å². The van der Waals surface area contributed by atoms with Crippen LogP contribution in [-0.4, -0.2) is 37.6 Å². The van der Waals surface area contributed by atoms with Gasteiger partial charge in [0.15, 0.2) is 0 Å². The number of benzene rings is 1. The van der Waals surface area contributed by atoms with Crippen molar-refractivity contribution in [3.8, 4) is 0 Å². The van der Waals surface area contributed by atoms with E-state index in [1.807, 2.05) is 0 Å². The Bertz CT molecular complexity index is 443. The van der Waals surface area contributed by atoms with E-state index in [4.69, 9.17) is 0 Å². The average Bonchev–Trinajstić information content (AvgIpc) is 2.45. The summed E-state index contributed by atoms with van der Waals surface area (Å²) >= 11 is 0. The molecule has 1 fully saturated rings. The summed E-state index contributed by atoms with van der Waals surface area (Å²) in [5.41, 5.74) is 4.32. The molecule has 0 aliphatic carbocycles. The highest BCUT2D eigenvalue weighted by atomic mass is 15.3. The van der Waals surface area contributed by atoms with Crippen molar-refractivity contribution in [3.05, 3.63) is 29.3 Å². The maximum absolute atomic E-state index is 2.62. The summed E-state index contributed by atoms with van der Waals surface area (Å²) < 4.78 is 0. The van der Waals surface area contributed by atoms with Crippen molar-refractivity contribution < 1.29 is 0 Å². The first-order valence-electron chi connectivity index (χ1n) is 8.55. The Morgan fingerprint density at radius 1 is 1.00 bits per heavy atom. The summed E-state index contributed by atoms with van der Waals surface area (Å²) in [7, 11) is 0. The van der Waals surface area contributed by atoms with Crippen LogP contribution in [-0.2, 0) is 0 Å². The lowest BCUT2D eigenvalue weighted by Gasteiger charge is -2.36. The van der Waals surface area contributed by atoms with Gasteiger partial charge in [0.2, 0.25) is 0 Å². The fourth-order valence-corrected chi connectivity index (χ4v) is 3.17. The molecule has 0 bridgehead atoms. The van der Waals surface area contributed by atoms with E-state index in [1.165, 1.54) is 56.0 Å². The van der Waals surface area contributed by atoms with Crippen molar-refractivity contribution >= 4 is 5.69 Å². The molecule has 0 saturated carbocycles. The highest BCUT2D eigenvalue weighted by molar-refractivity contribution is 5.51. The van der Waals surface area contributed by atoms with Crippen LogP contribution in [0.4, 0.5) is 5.69 Å². The van der Waals surface area contributed by atoms with Gasteiger partial charge in [-0.15, -0.1) is 0 Å². The summed E-state index contributed by atoms with van der Waals surface area (Å²) in [6, 6.07) is 7.01. The van der Waals surface area contributed by atoms with Crippen LogP contribution in [0.3, 0.4) is 0 Å². The van der Waals surface area contributed by atoms with Gasteiger partial charge in [-0.1, -0.05) is 33.8 Å². The van der Waals surface area contributed by atoms with E-state index in [9.17, 15) is 0 Å². The lowest BCUT2D eigenvalue weighted by Crippen LogP contribution is -2.46. The van der Waals surface area contributed by atoms with Crippen LogP contribution in [0.25, 0.3) is 0 Å². The monoisotopic (exact) mass is 288 g/mol. The van der Waals surface area contributed by atoms with E-state index in [0.717, 1.165) is 5.92 Å². The second-order valence-corrected chi connectivity index (χ2v) is 7.21. The van der Waals surface area contributed by atoms with Crippen molar-refractivity contribution in [2.45, 2.75) is 47.0 Å². The molecule has 0 spiro atoms. The third-order valence-corrected chi connectivity index (χ3v) is 4.64. The molecule has 1 aromatic carbocycles. The minimum absolute atomic E-state index is 0.618. The van der Waals surface area contributed by atoms with E-state index in [0.29, 0.717) is 5.92 Å². The van der Waals surface area contributed by atoms with E-state index >= 15 is 0 Å². The van der Waals surface area contributed by atoms with Gasteiger partial charge in [0.05, 0.1) is 0 Å². The number of nitrogens with zero attached hydrogens (tertiary/aromatic N) is 2. The van der Waals surface area contributed by atoms with Crippen molar-refractivity contribution in [3.63, 3.8) is 0 Å². The van der Waals surface area contributed by atoms with Gasteiger partial charge < -0.3 is 4.90 Å². The Balaban J connectivity index is 1.91. The lowest BCUT2D eigenvalue weighted by molar-refractivity contribution is 0.243. The average molecular weight is 288 g/mol. The molecule has 2 rings (SSSR count). The SMILES string of the molecule is Cc1cc(N2CCN(CCC(C)C)CC2)ccc1C(C)C. The molecule has 1 saturated heterocycles. The van der Waals surface area contributed by atoms with E-state index in [2.05, 4.69) is 62.6 Å². The van der Waals surface area contributed by atoms with Gasteiger partial charge in [-0.25, -0.2) is 0 Å². The molecule has 0 unspecified atom stereocenters. The number of aryl methyl sites for hydroxylation is 1. The van der Waals surface area contributed by atoms with Crippen LogP contribution < -0.4 is 4.90 Å². The van der Waals surface area contributed by atoms with E-state index in [1.54, 1.807) is 0 Å². The molecule has 0 N–H and O–H groups in total. The summed E-state index contributed by atoms with van der Waals surface area (Å²) in [5, 5.41) is 0. The molecule has 118 valence electrons. The number of hydrogen-bond acceptors (Lipinski definition) is 2. The Labute approximate surface area is 131 Å². The van der Waals surface area contributed by atoms with Gasteiger partial charge >= 0.3 is 0 Å². The van der Waals surface area contributed by atoms with Crippen LogP contribution in [0.15, 0.2) is 18.2 Å². The first-order chi connectivity index (χ1) is 9.97. The number of anilines is 1. The second kappa shape index (κ2) is 7.31. The maximum Gasteiger partial charge on any atom is 0.0369 e. The predicted octanol–water partition coefficient (Wildman–Crippen LogP) is 4.29. The zero-order chi connectivity index (χ0) is 15.4. The van der Waals surface area contributed by atoms with Gasteiger partial charge in [-0.3, -0.25) is 4.90 Å². The molecule has 0 atom stereocenters. The summed E-state index contributed by atoms with van der Waals surface area (Å²) in [6.45, 7) is 17.4. The highest BCUT2D eigenvalue weighted by Crippen LogP contribution is 2.25. The van der Waals surface area contributed by atoms with Crippen molar-refractivity contribution in [1.82, 2.24) is 4.90 Å². The molecule has 2 nitrogen and oxygen atoms in total. The fraction of sp³-hybridized carbons (Fsp3) is 0.684. The molecule has 1 aromatic rings. The molecule has 1 heterocycles. The van der Waals surface area contributed by atoms with Crippen LogP contribution >= 0.6 is 0 Å². The van der Waals surface area contributed by atoms with Crippen LogP contribution in [0.5, 0.6) is 0 Å². The predicted molar refractivity (Wildman–Crippen MR) is 93.4 cm³/mol. The largest absolute Gasteiger partial charge is 0.369 e. The Kier molecular flexibility index (Phi) is 5.69. The highest BCUT2D eigenvalue weighted by Gasteiger charge is 2.17. The number of hydrogen-bond donors (Lipinski definition) is 0. The number of piperazine rings is 1. The smallest absolute Gasteiger partial charge is 0.0369 e. The Hall–Kier alpha value is -1.02. The summed E-state index contributed by atoms with van der Waals surface area (Å²) in [6.07, 6.45) is 1.32. The third kappa shape index (κ3) is 4.47. The Morgan fingerprint density at radius 2 is 1.67 bits per heavy atom. The molecule has 21 heavy (non-hydrogen) atoms. The third-order valence-electron chi connectivity index (χ3n) is 4.64. The maximum atomic E-state index is 2.62. The van der Waals surface area contributed by atoms with Crippen LogP contribution in [0.2, 0.25) is 0 Å². The molecule has 1 aliphatic heterocycles. The van der Waals surface area contributed by atoms with E-state index < -0.39 is 0 Å². The van der Waals surface area contributed by atoms with Crippen LogP contribution in [0.1, 0.15) is 51.2 Å². The Morgan fingerprint density at radius 3 is 2.19 bits per heavy atom. The summed E-state index contributed by atoms with van der Waals surface area (Å²) in [5.74, 6) is 1.43. The minimum atomic E-state index is 0.618. The van der Waals surface area contributed by atoms with Gasteiger partial charge in [0.1, 0.15) is 0 Å². The zero-order valence-corrected chi connectivity index (χ0v) is 14.5. The number of rotatable bonds is 5. The first-order valence-corrected chi connectivity index (χ1v) is 8.55. The second-order valence-electron chi connectivity index (χ2n) is 7.21. The fourth-order valence-electron chi connectivity index (χ4n) is 3.17. The molecule has 2 heteroatoms. The van der Waals surface area contributed by atoms with Crippen molar-refractivity contribution in [1.29, 1.82) is 0 Å². The quantitative estimate of drug-likeness (QED) is 0.797. The molecule has 1 aliphatic rings. The first kappa shape index (κ1) is 16.4. The molecular formula is C19H32N2. The molecule has 0 amide bonds. The van der Waals surface area contributed by atoms with Gasteiger partial charge in [-0.2, -0.15) is 0 Å². The molecular weight excluding hydrogens is 256 g/mol. The summed E-state index contributed by atoms with van der Waals surface area (Å²) in [4.78, 5) is 5.16. The molecule has 0 aromatic heterocycles. The van der Waals surface area contributed by atoms with Crippen molar-refractivity contribution in [2.75, 3.05) is 37.6 Å². The van der Waals surface area contributed by atoms with Gasteiger partial charge in [-0.05, 0) is 55.0 Å². The lowest BCUT2D eigenvalue weighted by atomic mass is 9.97. The van der Waals surface area contributed by atoms with Crippen LogP contribution in [0, 0.1) is 12.8 Å².